The topological polar surface area (TPSA) is 65.4 Å². The minimum atomic E-state index is -2.65. The van der Waals surface area contributed by atoms with Crippen molar-refractivity contribution < 1.29 is 23.0 Å². The Morgan fingerprint density at radius 3 is 2.48 bits per heavy atom. The second kappa shape index (κ2) is 7.91. The lowest BCUT2D eigenvalue weighted by molar-refractivity contribution is 0.0885. The molecule has 0 bridgehead atoms. The molecule has 0 fully saturated rings. The first kappa shape index (κ1) is 19.1. The molecule has 3 rings (SSSR count). The number of alkyl halides is 2. The van der Waals surface area contributed by atoms with Crippen molar-refractivity contribution in [3.63, 3.8) is 0 Å². The van der Waals surface area contributed by atoms with E-state index in [0.29, 0.717) is 5.69 Å². The van der Waals surface area contributed by atoms with E-state index in [4.69, 9.17) is 9.47 Å². The molecule has 0 unspecified atom stereocenters. The van der Waals surface area contributed by atoms with E-state index in [1.165, 1.54) is 14.2 Å². The first-order valence-electron chi connectivity index (χ1n) is 7.90. The van der Waals surface area contributed by atoms with Gasteiger partial charge in [0.2, 0.25) is 0 Å². The van der Waals surface area contributed by atoms with Crippen molar-refractivity contribution in [3.05, 3.63) is 46.7 Å². The van der Waals surface area contributed by atoms with Crippen LogP contribution in [0.1, 0.15) is 10.4 Å². The molecular formula is C18H16BrF2N3O3. The fourth-order valence-electron chi connectivity index (χ4n) is 2.71. The zero-order chi connectivity index (χ0) is 19.6. The standard InChI is InChI=1S/C18H16BrF2N3O3/c1-26-14-6-11(24-9-23-12-5-10(19)3-4-13(12)24)7-15(27-2)17(14)18(25)22-8-16(20)21/h3-7,9,16H,8H2,1-2H3,(H,22,25). The van der Waals surface area contributed by atoms with Gasteiger partial charge in [-0.1, -0.05) is 15.9 Å². The summed E-state index contributed by atoms with van der Waals surface area (Å²) in [5.41, 5.74) is 2.33. The average Bonchev–Trinajstić information content (AvgIpc) is 3.07. The lowest BCUT2D eigenvalue weighted by Gasteiger charge is -2.16. The summed E-state index contributed by atoms with van der Waals surface area (Å²) in [6, 6.07) is 8.92. The van der Waals surface area contributed by atoms with Crippen LogP contribution in [0, 0.1) is 0 Å². The van der Waals surface area contributed by atoms with Crippen LogP contribution in [0.4, 0.5) is 8.78 Å². The predicted molar refractivity (Wildman–Crippen MR) is 100 cm³/mol. The van der Waals surface area contributed by atoms with E-state index < -0.39 is 18.9 Å². The summed E-state index contributed by atoms with van der Waals surface area (Å²) in [7, 11) is 2.79. The molecule has 27 heavy (non-hydrogen) atoms. The molecule has 0 aliphatic heterocycles. The maximum atomic E-state index is 12.4. The van der Waals surface area contributed by atoms with Crippen LogP contribution in [0.5, 0.6) is 11.5 Å². The van der Waals surface area contributed by atoms with Gasteiger partial charge in [0.1, 0.15) is 23.4 Å². The normalized spacial score (nSPS) is 11.0. The Hall–Kier alpha value is -2.68. The van der Waals surface area contributed by atoms with E-state index >= 15 is 0 Å². The van der Waals surface area contributed by atoms with Crippen molar-refractivity contribution in [1.29, 1.82) is 0 Å². The van der Waals surface area contributed by atoms with Crippen LogP contribution in [-0.4, -0.2) is 42.6 Å². The van der Waals surface area contributed by atoms with Gasteiger partial charge in [-0.15, -0.1) is 0 Å². The molecule has 0 saturated heterocycles. The number of fused-ring (bicyclic) bond motifs is 1. The summed E-state index contributed by atoms with van der Waals surface area (Å²) in [4.78, 5) is 16.7. The number of carbonyl (C=O) groups excluding carboxylic acids is 1. The van der Waals surface area contributed by atoms with E-state index in [1.54, 1.807) is 18.5 Å². The second-order valence-corrected chi connectivity index (χ2v) is 6.49. The maximum absolute atomic E-state index is 12.4. The third-order valence-electron chi connectivity index (χ3n) is 3.92. The molecule has 0 radical (unpaired) electrons. The highest BCUT2D eigenvalue weighted by molar-refractivity contribution is 9.10. The van der Waals surface area contributed by atoms with Gasteiger partial charge in [0.25, 0.3) is 12.3 Å². The summed E-state index contributed by atoms with van der Waals surface area (Å²) in [5, 5.41) is 2.16. The highest BCUT2D eigenvalue weighted by atomic mass is 79.9. The lowest BCUT2D eigenvalue weighted by Crippen LogP contribution is -2.29. The molecule has 1 heterocycles. The molecule has 1 N–H and O–H groups in total. The quantitative estimate of drug-likeness (QED) is 0.634. The number of nitrogens with zero attached hydrogens (tertiary/aromatic N) is 2. The van der Waals surface area contributed by atoms with Crippen LogP contribution in [0.3, 0.4) is 0 Å². The van der Waals surface area contributed by atoms with Crippen molar-refractivity contribution in [2.24, 2.45) is 0 Å². The lowest BCUT2D eigenvalue weighted by atomic mass is 10.1. The van der Waals surface area contributed by atoms with Crippen molar-refractivity contribution in [3.8, 4) is 17.2 Å². The number of rotatable bonds is 6. The van der Waals surface area contributed by atoms with Gasteiger partial charge in [0, 0.05) is 16.6 Å². The van der Waals surface area contributed by atoms with Crippen LogP contribution < -0.4 is 14.8 Å². The van der Waals surface area contributed by atoms with Crippen molar-refractivity contribution >= 4 is 32.9 Å². The van der Waals surface area contributed by atoms with Gasteiger partial charge in [-0.05, 0) is 18.2 Å². The van der Waals surface area contributed by atoms with Crippen LogP contribution in [0.25, 0.3) is 16.7 Å². The molecule has 9 heteroatoms. The summed E-state index contributed by atoms with van der Waals surface area (Å²) >= 11 is 3.41. The van der Waals surface area contributed by atoms with Gasteiger partial charge in [0.15, 0.2) is 0 Å². The summed E-state index contributed by atoms with van der Waals surface area (Å²) in [6.45, 7) is -0.756. The number of aromatic nitrogens is 2. The van der Waals surface area contributed by atoms with Crippen LogP contribution in [0.2, 0.25) is 0 Å². The van der Waals surface area contributed by atoms with E-state index in [9.17, 15) is 13.6 Å². The molecule has 0 atom stereocenters. The monoisotopic (exact) mass is 439 g/mol. The Morgan fingerprint density at radius 2 is 1.89 bits per heavy atom. The number of methoxy groups -OCH3 is 2. The van der Waals surface area contributed by atoms with Crippen LogP contribution in [-0.2, 0) is 0 Å². The van der Waals surface area contributed by atoms with Gasteiger partial charge < -0.3 is 14.8 Å². The number of hydrogen-bond donors (Lipinski definition) is 1. The third-order valence-corrected chi connectivity index (χ3v) is 4.42. The highest BCUT2D eigenvalue weighted by Crippen LogP contribution is 2.33. The molecular weight excluding hydrogens is 424 g/mol. The number of amides is 1. The Morgan fingerprint density at radius 1 is 1.22 bits per heavy atom. The smallest absolute Gasteiger partial charge is 0.259 e. The number of nitrogens with one attached hydrogen (secondary N) is 1. The molecule has 0 aliphatic carbocycles. The number of carbonyl (C=O) groups is 1. The summed E-state index contributed by atoms with van der Waals surface area (Å²) in [6.07, 6.45) is -1.01. The van der Waals surface area contributed by atoms with Gasteiger partial charge >= 0.3 is 0 Å². The Bertz CT molecular complexity index is 966. The van der Waals surface area contributed by atoms with E-state index in [-0.39, 0.29) is 17.1 Å². The average molecular weight is 440 g/mol. The number of halogens is 3. The molecule has 142 valence electrons. The SMILES string of the molecule is COc1cc(-n2cnc3cc(Br)ccc32)cc(OC)c1C(=O)NCC(F)F. The van der Waals surface area contributed by atoms with Crippen LogP contribution >= 0.6 is 15.9 Å². The summed E-state index contributed by atoms with van der Waals surface area (Å²) < 4.78 is 38.2. The molecule has 0 saturated carbocycles. The summed E-state index contributed by atoms with van der Waals surface area (Å²) in [5.74, 6) is -0.292. The van der Waals surface area contributed by atoms with Crippen molar-refractivity contribution in [2.75, 3.05) is 20.8 Å². The van der Waals surface area contributed by atoms with Gasteiger partial charge in [-0.25, -0.2) is 13.8 Å². The van der Waals surface area contributed by atoms with E-state index in [1.807, 2.05) is 22.8 Å². The Balaban J connectivity index is 2.09. The van der Waals surface area contributed by atoms with Gasteiger partial charge in [-0.2, -0.15) is 0 Å². The Kier molecular flexibility index (Phi) is 5.59. The highest BCUT2D eigenvalue weighted by Gasteiger charge is 2.21. The number of ether oxygens (including phenoxy) is 2. The first-order chi connectivity index (χ1) is 12.9. The largest absolute Gasteiger partial charge is 0.496 e. The van der Waals surface area contributed by atoms with Crippen molar-refractivity contribution in [2.45, 2.75) is 6.43 Å². The zero-order valence-corrected chi connectivity index (χ0v) is 16.1. The number of hydrogen-bond acceptors (Lipinski definition) is 4. The number of benzene rings is 2. The minimum absolute atomic E-state index is 0.0524. The molecule has 6 nitrogen and oxygen atoms in total. The van der Waals surface area contributed by atoms with Gasteiger partial charge in [0.05, 0.1) is 37.5 Å². The zero-order valence-electron chi connectivity index (χ0n) is 14.5. The predicted octanol–water partition coefficient (Wildman–Crippen LogP) is 3.80. The van der Waals surface area contributed by atoms with E-state index in [2.05, 4.69) is 26.2 Å². The Labute approximate surface area is 162 Å². The molecule has 3 aromatic rings. The van der Waals surface area contributed by atoms with Gasteiger partial charge in [-0.3, -0.25) is 9.36 Å². The third kappa shape index (κ3) is 3.87. The molecule has 1 aromatic heterocycles. The van der Waals surface area contributed by atoms with E-state index in [0.717, 1.165) is 15.5 Å². The molecule has 0 spiro atoms. The maximum Gasteiger partial charge on any atom is 0.259 e. The second-order valence-electron chi connectivity index (χ2n) is 5.57. The minimum Gasteiger partial charge on any atom is -0.496 e. The van der Waals surface area contributed by atoms with Crippen LogP contribution in [0.15, 0.2) is 41.1 Å². The van der Waals surface area contributed by atoms with Crippen molar-refractivity contribution in [1.82, 2.24) is 14.9 Å². The first-order valence-corrected chi connectivity index (χ1v) is 8.69. The fourth-order valence-corrected chi connectivity index (χ4v) is 3.06. The molecule has 2 aromatic carbocycles. The molecule has 0 aliphatic rings. The number of imidazole rings is 1. The fraction of sp³-hybridized carbons (Fsp3) is 0.222. The molecule has 1 amide bonds.